The molecule has 0 saturated carbocycles. The molecule has 2 aromatic rings. The van der Waals surface area contributed by atoms with Crippen LogP contribution >= 0.6 is 11.6 Å². The van der Waals surface area contributed by atoms with E-state index in [1.165, 1.54) is 11.3 Å². The van der Waals surface area contributed by atoms with Crippen LogP contribution in [0.2, 0.25) is 5.02 Å². The van der Waals surface area contributed by atoms with Crippen molar-refractivity contribution in [3.05, 3.63) is 59.1 Å². The zero-order chi connectivity index (χ0) is 19.2. The summed E-state index contributed by atoms with van der Waals surface area (Å²) in [7, 11) is 4.15. The van der Waals surface area contributed by atoms with Crippen LogP contribution < -0.4 is 9.64 Å². The predicted octanol–water partition coefficient (Wildman–Crippen LogP) is 3.13. The Morgan fingerprint density at radius 2 is 1.78 bits per heavy atom. The molecule has 1 aliphatic heterocycles. The van der Waals surface area contributed by atoms with E-state index < -0.39 is 0 Å². The molecule has 0 spiro atoms. The number of hydrogen-bond acceptors (Lipinski definition) is 4. The average Bonchev–Trinajstić information content (AvgIpc) is 2.67. The highest BCUT2D eigenvalue weighted by atomic mass is 35.5. The molecule has 0 radical (unpaired) electrons. The highest BCUT2D eigenvalue weighted by Gasteiger charge is 2.21. The summed E-state index contributed by atoms with van der Waals surface area (Å²) in [4.78, 5) is 18.8. The monoisotopic (exact) mass is 387 g/mol. The molecule has 0 atom stereocenters. The van der Waals surface area contributed by atoms with Gasteiger partial charge in [-0.1, -0.05) is 23.7 Å². The molecule has 1 aliphatic rings. The van der Waals surface area contributed by atoms with Gasteiger partial charge in [-0.15, -0.1) is 0 Å². The Balaban J connectivity index is 1.49. The third-order valence-corrected chi connectivity index (χ3v) is 4.83. The largest absolute Gasteiger partial charge is 0.484 e. The number of halogens is 1. The minimum absolute atomic E-state index is 0.0194. The van der Waals surface area contributed by atoms with Gasteiger partial charge in [0, 0.05) is 43.4 Å². The summed E-state index contributed by atoms with van der Waals surface area (Å²) in [5, 5.41) is 0.652. The molecule has 1 amide bonds. The van der Waals surface area contributed by atoms with Crippen LogP contribution in [0.4, 0.5) is 5.69 Å². The number of nitrogens with zero attached hydrogens (tertiary/aromatic N) is 3. The molecule has 6 heteroatoms. The lowest BCUT2D eigenvalue weighted by molar-refractivity contribution is -0.133. The van der Waals surface area contributed by atoms with Crippen LogP contribution in [0.15, 0.2) is 48.5 Å². The third-order valence-electron chi connectivity index (χ3n) is 4.58. The predicted molar refractivity (Wildman–Crippen MR) is 110 cm³/mol. The molecule has 0 N–H and O–H groups in total. The van der Waals surface area contributed by atoms with Crippen LogP contribution in [-0.4, -0.2) is 62.6 Å². The van der Waals surface area contributed by atoms with Crippen molar-refractivity contribution < 1.29 is 9.53 Å². The maximum atomic E-state index is 12.4. The molecule has 27 heavy (non-hydrogen) atoms. The van der Waals surface area contributed by atoms with Crippen molar-refractivity contribution in [3.63, 3.8) is 0 Å². The van der Waals surface area contributed by atoms with Gasteiger partial charge in [0.15, 0.2) is 6.61 Å². The summed E-state index contributed by atoms with van der Waals surface area (Å²) in [6.07, 6.45) is 0. The third kappa shape index (κ3) is 5.62. The first-order valence-electron chi connectivity index (χ1n) is 9.16. The molecule has 0 unspecified atom stereocenters. The Kier molecular flexibility index (Phi) is 6.58. The number of benzene rings is 2. The van der Waals surface area contributed by atoms with Gasteiger partial charge in [0.25, 0.3) is 5.91 Å². The zero-order valence-electron chi connectivity index (χ0n) is 15.9. The fraction of sp³-hybridized carbons (Fsp3) is 0.381. The van der Waals surface area contributed by atoms with Gasteiger partial charge in [0.05, 0.1) is 0 Å². The standard InChI is InChI=1S/C21H26ClN3O2/c1-23(2)15-17-4-3-5-19(14-17)24-10-12-25(13-11-24)21(26)16-27-20-8-6-18(22)7-9-20/h3-9,14H,10-13,15-16H2,1-2H3. The molecular weight excluding hydrogens is 362 g/mol. The van der Waals surface area contributed by atoms with Crippen LogP contribution in [0, 0.1) is 0 Å². The quantitative estimate of drug-likeness (QED) is 0.763. The van der Waals surface area contributed by atoms with E-state index in [2.05, 4.69) is 48.2 Å². The number of piperazine rings is 1. The number of anilines is 1. The maximum absolute atomic E-state index is 12.4. The van der Waals surface area contributed by atoms with E-state index in [4.69, 9.17) is 16.3 Å². The number of rotatable bonds is 6. The number of carbonyl (C=O) groups excluding carboxylic acids is 1. The highest BCUT2D eigenvalue weighted by molar-refractivity contribution is 6.30. The van der Waals surface area contributed by atoms with E-state index in [1.54, 1.807) is 24.3 Å². The summed E-state index contributed by atoms with van der Waals surface area (Å²) in [6, 6.07) is 15.7. The van der Waals surface area contributed by atoms with Crippen molar-refractivity contribution in [1.82, 2.24) is 9.80 Å². The van der Waals surface area contributed by atoms with Crippen molar-refractivity contribution in [3.8, 4) is 5.75 Å². The van der Waals surface area contributed by atoms with Crippen LogP contribution in [0.25, 0.3) is 0 Å². The first-order chi connectivity index (χ1) is 13.0. The summed E-state index contributed by atoms with van der Waals surface area (Å²) in [5.41, 5.74) is 2.52. The molecule has 0 bridgehead atoms. The fourth-order valence-corrected chi connectivity index (χ4v) is 3.32. The van der Waals surface area contributed by atoms with Crippen LogP contribution in [0.3, 0.4) is 0 Å². The van der Waals surface area contributed by atoms with Gasteiger partial charge in [-0.2, -0.15) is 0 Å². The molecule has 1 fully saturated rings. The van der Waals surface area contributed by atoms with Crippen LogP contribution in [0.1, 0.15) is 5.56 Å². The zero-order valence-corrected chi connectivity index (χ0v) is 16.7. The van der Waals surface area contributed by atoms with Gasteiger partial charge >= 0.3 is 0 Å². The second-order valence-corrected chi connectivity index (χ2v) is 7.45. The first-order valence-corrected chi connectivity index (χ1v) is 9.54. The summed E-state index contributed by atoms with van der Waals surface area (Å²) < 4.78 is 5.57. The van der Waals surface area contributed by atoms with Gasteiger partial charge in [0.2, 0.25) is 0 Å². The van der Waals surface area contributed by atoms with Crippen molar-refractivity contribution >= 4 is 23.2 Å². The normalized spacial score (nSPS) is 14.5. The number of ether oxygens (including phenoxy) is 1. The summed E-state index contributed by atoms with van der Waals surface area (Å²) in [5.74, 6) is 0.676. The maximum Gasteiger partial charge on any atom is 0.260 e. The molecule has 3 rings (SSSR count). The van der Waals surface area contributed by atoms with Gasteiger partial charge in [-0.25, -0.2) is 0 Å². The first kappa shape index (κ1) is 19.5. The van der Waals surface area contributed by atoms with E-state index in [0.29, 0.717) is 23.9 Å². The molecule has 0 aromatic heterocycles. The molecule has 1 saturated heterocycles. The number of amides is 1. The van der Waals surface area contributed by atoms with Crippen LogP contribution in [-0.2, 0) is 11.3 Å². The Morgan fingerprint density at radius 3 is 2.44 bits per heavy atom. The van der Waals surface area contributed by atoms with E-state index in [0.717, 1.165) is 19.6 Å². The highest BCUT2D eigenvalue weighted by Crippen LogP contribution is 2.19. The Hall–Kier alpha value is -2.24. The molecule has 144 valence electrons. The molecule has 2 aromatic carbocycles. The lowest BCUT2D eigenvalue weighted by Gasteiger charge is -2.36. The van der Waals surface area contributed by atoms with E-state index >= 15 is 0 Å². The number of carbonyl (C=O) groups is 1. The lowest BCUT2D eigenvalue weighted by atomic mass is 10.1. The second kappa shape index (κ2) is 9.11. The van der Waals surface area contributed by atoms with Gasteiger partial charge in [0.1, 0.15) is 5.75 Å². The molecular formula is C21H26ClN3O2. The summed E-state index contributed by atoms with van der Waals surface area (Å²) >= 11 is 5.86. The smallest absolute Gasteiger partial charge is 0.260 e. The lowest BCUT2D eigenvalue weighted by Crippen LogP contribution is -2.50. The van der Waals surface area contributed by atoms with Crippen molar-refractivity contribution in [1.29, 1.82) is 0 Å². The van der Waals surface area contributed by atoms with Crippen molar-refractivity contribution in [2.45, 2.75) is 6.54 Å². The van der Waals surface area contributed by atoms with E-state index in [-0.39, 0.29) is 12.5 Å². The van der Waals surface area contributed by atoms with E-state index in [1.807, 2.05) is 4.90 Å². The Bertz CT molecular complexity index is 756. The average molecular weight is 388 g/mol. The summed E-state index contributed by atoms with van der Waals surface area (Å²) in [6.45, 7) is 4.06. The van der Waals surface area contributed by atoms with E-state index in [9.17, 15) is 4.79 Å². The topological polar surface area (TPSA) is 36.0 Å². The molecule has 1 heterocycles. The van der Waals surface area contributed by atoms with Gasteiger partial charge < -0.3 is 19.4 Å². The number of hydrogen-bond donors (Lipinski definition) is 0. The molecule has 0 aliphatic carbocycles. The van der Waals surface area contributed by atoms with Crippen LogP contribution in [0.5, 0.6) is 5.75 Å². The van der Waals surface area contributed by atoms with Gasteiger partial charge in [-0.05, 0) is 56.1 Å². The minimum atomic E-state index is 0.0194. The fourth-order valence-electron chi connectivity index (χ4n) is 3.20. The van der Waals surface area contributed by atoms with Gasteiger partial charge in [-0.3, -0.25) is 4.79 Å². The minimum Gasteiger partial charge on any atom is -0.484 e. The van der Waals surface area contributed by atoms with Crippen molar-refractivity contribution in [2.75, 3.05) is 51.8 Å². The Labute approximate surface area is 166 Å². The molecule has 5 nitrogen and oxygen atoms in total. The Morgan fingerprint density at radius 1 is 1.07 bits per heavy atom. The van der Waals surface area contributed by atoms with Crippen molar-refractivity contribution in [2.24, 2.45) is 0 Å². The SMILES string of the molecule is CN(C)Cc1cccc(N2CCN(C(=O)COc3ccc(Cl)cc3)CC2)c1. The second-order valence-electron chi connectivity index (χ2n) is 7.02.